The summed E-state index contributed by atoms with van der Waals surface area (Å²) >= 11 is 0. The smallest absolute Gasteiger partial charge is 0.254 e. The van der Waals surface area contributed by atoms with Gasteiger partial charge in [-0.05, 0) is 31.9 Å². The molecule has 2 aromatic rings. The Morgan fingerprint density at radius 2 is 2.15 bits per heavy atom. The van der Waals surface area contributed by atoms with Crippen molar-refractivity contribution in [3.05, 3.63) is 47.0 Å². The minimum Gasteiger partial charge on any atom is -0.338 e. The Kier molecular flexibility index (Phi) is 3.26. The van der Waals surface area contributed by atoms with Crippen LogP contribution in [0, 0.1) is 13.8 Å². The zero-order valence-electron chi connectivity index (χ0n) is 11.8. The molecule has 1 aromatic carbocycles. The number of aromatic amines is 1. The van der Waals surface area contributed by atoms with Crippen LogP contribution < -0.4 is 0 Å². The molecule has 1 N–H and O–H groups in total. The van der Waals surface area contributed by atoms with E-state index in [1.54, 1.807) is 0 Å². The van der Waals surface area contributed by atoms with E-state index in [1.807, 2.05) is 43.0 Å². The van der Waals surface area contributed by atoms with Crippen molar-refractivity contribution < 1.29 is 4.79 Å². The van der Waals surface area contributed by atoms with E-state index in [2.05, 4.69) is 15.2 Å². The fourth-order valence-electron chi connectivity index (χ4n) is 2.68. The van der Waals surface area contributed by atoms with Crippen LogP contribution in [0.25, 0.3) is 0 Å². The summed E-state index contributed by atoms with van der Waals surface area (Å²) in [7, 11) is 0. The molecule has 0 radical (unpaired) electrons. The van der Waals surface area contributed by atoms with Crippen molar-refractivity contribution in [1.29, 1.82) is 0 Å². The van der Waals surface area contributed by atoms with E-state index in [-0.39, 0.29) is 11.8 Å². The molecule has 1 unspecified atom stereocenters. The van der Waals surface area contributed by atoms with Crippen molar-refractivity contribution in [2.24, 2.45) is 0 Å². The van der Waals surface area contributed by atoms with Gasteiger partial charge in [0.25, 0.3) is 5.91 Å². The standard InChI is InChI=1S/C15H18N4O/c1-10-5-3-4-6-13(10)15(20)19-8-7-12(9-19)14-16-11(2)17-18-14/h3-6,12H,7-9H2,1-2H3,(H,16,17,18). The number of amides is 1. The number of H-pyrrole nitrogens is 1. The predicted octanol–water partition coefficient (Wildman–Crippen LogP) is 2.05. The lowest BCUT2D eigenvalue weighted by Gasteiger charge is -2.17. The van der Waals surface area contributed by atoms with Gasteiger partial charge in [0.15, 0.2) is 5.82 Å². The molecule has 1 saturated heterocycles. The van der Waals surface area contributed by atoms with Gasteiger partial charge in [0.05, 0.1) is 0 Å². The molecule has 104 valence electrons. The van der Waals surface area contributed by atoms with Gasteiger partial charge in [0, 0.05) is 24.6 Å². The number of nitrogens with one attached hydrogen (secondary N) is 1. The highest BCUT2D eigenvalue weighted by Crippen LogP contribution is 2.26. The number of hydrogen-bond donors (Lipinski definition) is 1. The lowest BCUT2D eigenvalue weighted by atomic mass is 10.1. The molecule has 2 heterocycles. The molecule has 0 bridgehead atoms. The molecule has 1 fully saturated rings. The van der Waals surface area contributed by atoms with Crippen molar-refractivity contribution in [1.82, 2.24) is 20.1 Å². The largest absolute Gasteiger partial charge is 0.338 e. The second kappa shape index (κ2) is 5.07. The first-order valence-electron chi connectivity index (χ1n) is 6.89. The normalized spacial score (nSPS) is 18.5. The molecular weight excluding hydrogens is 252 g/mol. The molecule has 1 amide bonds. The summed E-state index contributed by atoms with van der Waals surface area (Å²) in [5, 5.41) is 7.07. The van der Waals surface area contributed by atoms with Gasteiger partial charge in [0.2, 0.25) is 0 Å². The molecule has 20 heavy (non-hydrogen) atoms. The van der Waals surface area contributed by atoms with Gasteiger partial charge in [-0.25, -0.2) is 4.98 Å². The summed E-state index contributed by atoms with van der Waals surface area (Å²) in [6.45, 7) is 5.33. The Morgan fingerprint density at radius 1 is 1.35 bits per heavy atom. The van der Waals surface area contributed by atoms with Gasteiger partial charge in [-0.2, -0.15) is 5.10 Å². The molecule has 1 atom stereocenters. The first-order chi connectivity index (χ1) is 9.65. The maximum Gasteiger partial charge on any atom is 0.254 e. The number of rotatable bonds is 2. The third-order valence-electron chi connectivity index (χ3n) is 3.83. The van der Waals surface area contributed by atoms with Crippen molar-refractivity contribution >= 4 is 5.91 Å². The zero-order chi connectivity index (χ0) is 14.1. The first-order valence-corrected chi connectivity index (χ1v) is 6.89. The van der Waals surface area contributed by atoms with Crippen LogP contribution in [0.2, 0.25) is 0 Å². The van der Waals surface area contributed by atoms with Crippen molar-refractivity contribution in [2.75, 3.05) is 13.1 Å². The third kappa shape index (κ3) is 2.31. The van der Waals surface area contributed by atoms with Gasteiger partial charge in [-0.1, -0.05) is 18.2 Å². The van der Waals surface area contributed by atoms with Gasteiger partial charge >= 0.3 is 0 Å². The van der Waals surface area contributed by atoms with Gasteiger partial charge in [-0.3, -0.25) is 9.89 Å². The third-order valence-corrected chi connectivity index (χ3v) is 3.83. The SMILES string of the molecule is Cc1nc(C2CCN(C(=O)c3ccccc3C)C2)n[nH]1. The van der Waals surface area contributed by atoms with E-state index in [4.69, 9.17) is 0 Å². The maximum absolute atomic E-state index is 12.5. The molecule has 1 aliphatic heterocycles. The second-order valence-electron chi connectivity index (χ2n) is 5.33. The summed E-state index contributed by atoms with van der Waals surface area (Å²) in [5.41, 5.74) is 1.81. The Morgan fingerprint density at radius 3 is 2.85 bits per heavy atom. The molecule has 5 heteroatoms. The van der Waals surface area contributed by atoms with Crippen LogP contribution in [0.4, 0.5) is 0 Å². The summed E-state index contributed by atoms with van der Waals surface area (Å²) in [5.74, 6) is 2.00. The average Bonchev–Trinajstić information content (AvgIpc) is 3.07. The minimum atomic E-state index is 0.109. The fourth-order valence-corrected chi connectivity index (χ4v) is 2.68. The highest BCUT2D eigenvalue weighted by molar-refractivity contribution is 5.95. The first kappa shape index (κ1) is 12.8. The Bertz CT molecular complexity index is 634. The van der Waals surface area contributed by atoms with E-state index >= 15 is 0 Å². The van der Waals surface area contributed by atoms with Crippen LogP contribution in [-0.4, -0.2) is 39.1 Å². The molecule has 3 rings (SSSR count). The van der Waals surface area contributed by atoms with Crippen LogP contribution in [0.1, 0.15) is 39.9 Å². The van der Waals surface area contributed by atoms with Crippen LogP contribution in [0.3, 0.4) is 0 Å². The number of aryl methyl sites for hydroxylation is 2. The molecular formula is C15H18N4O. The lowest BCUT2D eigenvalue weighted by Crippen LogP contribution is -2.29. The summed E-state index contributed by atoms with van der Waals surface area (Å²) in [6.07, 6.45) is 0.926. The summed E-state index contributed by atoms with van der Waals surface area (Å²) in [4.78, 5) is 18.8. The number of hydrogen-bond acceptors (Lipinski definition) is 3. The van der Waals surface area contributed by atoms with E-state index in [0.717, 1.165) is 35.7 Å². The number of likely N-dealkylation sites (tertiary alicyclic amines) is 1. The Balaban J connectivity index is 1.74. The lowest BCUT2D eigenvalue weighted by molar-refractivity contribution is 0.0790. The van der Waals surface area contributed by atoms with Crippen LogP contribution in [-0.2, 0) is 0 Å². The molecule has 0 spiro atoms. The number of carbonyl (C=O) groups excluding carboxylic acids is 1. The zero-order valence-corrected chi connectivity index (χ0v) is 11.8. The van der Waals surface area contributed by atoms with E-state index in [9.17, 15) is 4.79 Å². The second-order valence-corrected chi connectivity index (χ2v) is 5.33. The van der Waals surface area contributed by atoms with Gasteiger partial charge < -0.3 is 4.90 Å². The van der Waals surface area contributed by atoms with Crippen molar-refractivity contribution in [3.63, 3.8) is 0 Å². The van der Waals surface area contributed by atoms with E-state index < -0.39 is 0 Å². The maximum atomic E-state index is 12.5. The van der Waals surface area contributed by atoms with Gasteiger partial charge in [-0.15, -0.1) is 0 Å². The molecule has 1 aliphatic rings. The van der Waals surface area contributed by atoms with E-state index in [1.165, 1.54) is 0 Å². The monoisotopic (exact) mass is 270 g/mol. The number of aromatic nitrogens is 3. The van der Waals surface area contributed by atoms with Crippen molar-refractivity contribution in [3.8, 4) is 0 Å². The molecule has 1 aromatic heterocycles. The Hall–Kier alpha value is -2.17. The number of carbonyl (C=O) groups is 1. The van der Waals surface area contributed by atoms with Crippen LogP contribution in [0.15, 0.2) is 24.3 Å². The molecule has 0 aliphatic carbocycles. The number of nitrogens with zero attached hydrogens (tertiary/aromatic N) is 3. The van der Waals surface area contributed by atoms with Crippen LogP contribution >= 0.6 is 0 Å². The Labute approximate surface area is 118 Å². The predicted molar refractivity (Wildman–Crippen MR) is 75.6 cm³/mol. The fraction of sp³-hybridized carbons (Fsp3) is 0.400. The highest BCUT2D eigenvalue weighted by atomic mass is 16.2. The average molecular weight is 270 g/mol. The van der Waals surface area contributed by atoms with Crippen molar-refractivity contribution in [2.45, 2.75) is 26.2 Å². The molecule has 5 nitrogen and oxygen atoms in total. The van der Waals surface area contributed by atoms with E-state index in [0.29, 0.717) is 6.54 Å². The highest BCUT2D eigenvalue weighted by Gasteiger charge is 2.30. The van der Waals surface area contributed by atoms with Gasteiger partial charge in [0.1, 0.15) is 5.82 Å². The number of benzene rings is 1. The molecule has 0 saturated carbocycles. The minimum absolute atomic E-state index is 0.109. The summed E-state index contributed by atoms with van der Waals surface area (Å²) in [6, 6.07) is 7.73. The topological polar surface area (TPSA) is 61.9 Å². The summed E-state index contributed by atoms with van der Waals surface area (Å²) < 4.78 is 0. The van der Waals surface area contributed by atoms with Crippen LogP contribution in [0.5, 0.6) is 0 Å². The quantitative estimate of drug-likeness (QED) is 0.908.